The molecule has 1 fully saturated rings. The first-order valence-electron chi connectivity index (χ1n) is 13.5. The number of nitrogens with zero attached hydrogens (tertiary/aromatic N) is 6. The van der Waals surface area contributed by atoms with Gasteiger partial charge in [-0.15, -0.1) is 5.10 Å². The van der Waals surface area contributed by atoms with E-state index in [2.05, 4.69) is 75.3 Å². The zero-order chi connectivity index (χ0) is 26.5. The highest BCUT2D eigenvalue weighted by molar-refractivity contribution is 5.83. The number of hydrogen-bond acceptors (Lipinski definition) is 7. The quantitative estimate of drug-likeness (QED) is 0.346. The first-order chi connectivity index (χ1) is 18.5. The Labute approximate surface area is 223 Å². The Morgan fingerprint density at radius 2 is 1.89 bits per heavy atom. The minimum absolute atomic E-state index is 0.0374. The van der Waals surface area contributed by atoms with E-state index in [0.29, 0.717) is 13.1 Å². The number of fused-ring (bicyclic) bond motifs is 1. The first kappa shape index (κ1) is 26.2. The molecule has 9 heteroatoms. The number of aromatic nitrogens is 5. The van der Waals surface area contributed by atoms with E-state index < -0.39 is 0 Å². The molecule has 9 nitrogen and oxygen atoms in total. The number of aryl methyl sites for hydroxylation is 2. The van der Waals surface area contributed by atoms with E-state index in [1.165, 1.54) is 5.56 Å². The van der Waals surface area contributed by atoms with Crippen molar-refractivity contribution >= 4 is 10.9 Å². The molecule has 0 bridgehead atoms. The van der Waals surface area contributed by atoms with Gasteiger partial charge in [-0.2, -0.15) is 0 Å². The van der Waals surface area contributed by atoms with E-state index >= 15 is 0 Å². The number of aromatic amines is 1. The Hall–Kier alpha value is -3.40. The predicted molar refractivity (Wildman–Crippen MR) is 148 cm³/mol. The molecule has 0 aliphatic carbocycles. The summed E-state index contributed by atoms with van der Waals surface area (Å²) in [5.41, 5.74) is 5.06. The molecule has 5 rings (SSSR count). The fraction of sp³-hybridized carbons (Fsp3) is 0.448. The van der Waals surface area contributed by atoms with Crippen LogP contribution in [0.15, 0.2) is 53.3 Å². The Morgan fingerprint density at radius 1 is 1.11 bits per heavy atom. The summed E-state index contributed by atoms with van der Waals surface area (Å²) >= 11 is 0. The highest BCUT2D eigenvalue weighted by Crippen LogP contribution is 2.26. The molecule has 3 heterocycles. The second-order valence-corrected chi connectivity index (χ2v) is 10.1. The number of tetrazole rings is 1. The molecular weight excluding hydrogens is 478 g/mol. The molecule has 0 spiro atoms. The summed E-state index contributed by atoms with van der Waals surface area (Å²) < 4.78 is 7.44. The first-order valence-corrected chi connectivity index (χ1v) is 13.5. The second-order valence-electron chi connectivity index (χ2n) is 10.1. The zero-order valence-corrected chi connectivity index (χ0v) is 22.6. The fourth-order valence-electron chi connectivity index (χ4n) is 5.27. The summed E-state index contributed by atoms with van der Waals surface area (Å²) in [5, 5.41) is 13.9. The lowest BCUT2D eigenvalue weighted by atomic mass is 10.0. The van der Waals surface area contributed by atoms with Crippen molar-refractivity contribution in [2.24, 2.45) is 0 Å². The average molecular weight is 516 g/mol. The summed E-state index contributed by atoms with van der Waals surface area (Å²) in [6.07, 6.45) is 0.821. The van der Waals surface area contributed by atoms with Crippen molar-refractivity contribution < 1.29 is 4.74 Å². The third-order valence-electron chi connectivity index (χ3n) is 7.67. The zero-order valence-electron chi connectivity index (χ0n) is 22.6. The van der Waals surface area contributed by atoms with Gasteiger partial charge in [0.1, 0.15) is 0 Å². The van der Waals surface area contributed by atoms with Gasteiger partial charge in [0.15, 0.2) is 5.82 Å². The summed E-state index contributed by atoms with van der Waals surface area (Å²) in [6, 6.07) is 16.4. The minimum Gasteiger partial charge on any atom is -0.379 e. The van der Waals surface area contributed by atoms with Gasteiger partial charge in [0.25, 0.3) is 5.56 Å². The van der Waals surface area contributed by atoms with Gasteiger partial charge < -0.3 is 9.72 Å². The number of H-pyrrole nitrogens is 1. The molecular formula is C29H37N7O2. The van der Waals surface area contributed by atoms with Crippen LogP contribution in [-0.4, -0.2) is 74.4 Å². The fourth-order valence-corrected chi connectivity index (χ4v) is 5.27. The van der Waals surface area contributed by atoms with Gasteiger partial charge >= 0.3 is 0 Å². The van der Waals surface area contributed by atoms with E-state index in [1.807, 2.05) is 28.9 Å². The van der Waals surface area contributed by atoms with Crippen LogP contribution >= 0.6 is 0 Å². The van der Waals surface area contributed by atoms with E-state index in [9.17, 15) is 4.79 Å². The topological polar surface area (TPSA) is 92.2 Å². The van der Waals surface area contributed by atoms with Gasteiger partial charge in [-0.05, 0) is 58.8 Å². The number of nitrogens with one attached hydrogen (secondary N) is 1. The van der Waals surface area contributed by atoms with E-state index in [1.54, 1.807) is 0 Å². The van der Waals surface area contributed by atoms with Crippen molar-refractivity contribution in [1.82, 2.24) is 35.0 Å². The van der Waals surface area contributed by atoms with Crippen LogP contribution in [0.3, 0.4) is 0 Å². The number of morpholine rings is 1. The van der Waals surface area contributed by atoms with E-state index in [-0.39, 0.29) is 11.6 Å². The lowest BCUT2D eigenvalue weighted by Gasteiger charge is -2.33. The molecule has 0 amide bonds. The molecule has 38 heavy (non-hydrogen) atoms. The van der Waals surface area contributed by atoms with Crippen molar-refractivity contribution in [2.75, 3.05) is 39.4 Å². The maximum absolute atomic E-state index is 13.3. The van der Waals surface area contributed by atoms with Crippen LogP contribution < -0.4 is 5.56 Å². The van der Waals surface area contributed by atoms with Crippen LogP contribution in [0.5, 0.6) is 0 Å². The maximum atomic E-state index is 13.3. The molecule has 1 saturated heterocycles. The van der Waals surface area contributed by atoms with Crippen molar-refractivity contribution in [2.45, 2.75) is 46.3 Å². The van der Waals surface area contributed by atoms with E-state index in [4.69, 9.17) is 4.74 Å². The summed E-state index contributed by atoms with van der Waals surface area (Å²) in [5.74, 6) is 0.821. The van der Waals surface area contributed by atoms with Gasteiger partial charge in [0.05, 0.1) is 31.3 Å². The van der Waals surface area contributed by atoms with Crippen molar-refractivity contribution in [3.05, 3.63) is 87.0 Å². The standard InChI is InChI=1S/C29H37N7O2/c1-4-26(28-31-32-33-36(28)19-23-8-6-5-7-9-23)35(13-12-34-14-16-38-17-15-34)20-25-18-24-11-10-21(2)22(3)27(24)30-29(25)37/h5-11,18,26H,4,12-17,19-20H2,1-3H3,(H,30,37)/t26-/m0/s1. The van der Waals surface area contributed by atoms with Gasteiger partial charge in [-0.1, -0.05) is 49.4 Å². The highest BCUT2D eigenvalue weighted by atomic mass is 16.5. The monoisotopic (exact) mass is 515 g/mol. The highest BCUT2D eigenvalue weighted by Gasteiger charge is 2.26. The molecule has 1 atom stereocenters. The molecule has 2 aromatic carbocycles. The van der Waals surface area contributed by atoms with Crippen molar-refractivity contribution in [1.29, 1.82) is 0 Å². The predicted octanol–water partition coefficient (Wildman–Crippen LogP) is 3.47. The number of hydrogen-bond donors (Lipinski definition) is 1. The molecule has 1 aliphatic rings. The molecule has 200 valence electrons. The van der Waals surface area contributed by atoms with Crippen molar-refractivity contribution in [3.63, 3.8) is 0 Å². The lowest BCUT2D eigenvalue weighted by Crippen LogP contribution is -2.43. The van der Waals surface area contributed by atoms with Gasteiger partial charge in [-0.25, -0.2) is 4.68 Å². The number of pyridine rings is 1. The second kappa shape index (κ2) is 12.0. The van der Waals surface area contributed by atoms with Crippen LogP contribution in [0.4, 0.5) is 0 Å². The Kier molecular flexibility index (Phi) is 8.26. The maximum Gasteiger partial charge on any atom is 0.252 e. The summed E-state index contributed by atoms with van der Waals surface area (Å²) in [7, 11) is 0. The van der Waals surface area contributed by atoms with Crippen LogP contribution in [0.2, 0.25) is 0 Å². The molecule has 0 saturated carbocycles. The Bertz CT molecular complexity index is 1410. The minimum atomic E-state index is -0.0405. The van der Waals surface area contributed by atoms with Crippen LogP contribution in [0.1, 0.15) is 47.5 Å². The lowest BCUT2D eigenvalue weighted by molar-refractivity contribution is 0.0292. The molecule has 2 aromatic heterocycles. The van der Waals surface area contributed by atoms with Crippen LogP contribution in [0.25, 0.3) is 10.9 Å². The molecule has 0 radical (unpaired) electrons. The van der Waals surface area contributed by atoms with Crippen LogP contribution in [-0.2, 0) is 17.8 Å². The average Bonchev–Trinajstić information content (AvgIpc) is 3.39. The number of rotatable bonds is 10. The molecule has 1 aliphatic heterocycles. The van der Waals surface area contributed by atoms with Gasteiger partial charge in [0.2, 0.25) is 0 Å². The SMILES string of the molecule is CC[C@@H](c1nnnn1Cc1ccccc1)N(CCN1CCOCC1)Cc1cc2ccc(C)c(C)c2[nH]c1=O. The molecule has 1 N–H and O–H groups in total. The smallest absolute Gasteiger partial charge is 0.252 e. The third-order valence-corrected chi connectivity index (χ3v) is 7.67. The van der Waals surface area contributed by atoms with Gasteiger partial charge in [0, 0.05) is 38.3 Å². The Balaban J connectivity index is 1.46. The number of ether oxygens (including phenoxy) is 1. The summed E-state index contributed by atoms with van der Waals surface area (Å²) in [6.45, 7) is 12.4. The van der Waals surface area contributed by atoms with Crippen molar-refractivity contribution in [3.8, 4) is 0 Å². The summed E-state index contributed by atoms with van der Waals surface area (Å²) in [4.78, 5) is 21.2. The Morgan fingerprint density at radius 3 is 2.66 bits per heavy atom. The third kappa shape index (κ3) is 5.85. The largest absolute Gasteiger partial charge is 0.379 e. The normalized spacial score (nSPS) is 15.4. The van der Waals surface area contributed by atoms with Gasteiger partial charge in [-0.3, -0.25) is 14.6 Å². The van der Waals surface area contributed by atoms with E-state index in [0.717, 1.165) is 79.2 Å². The molecule has 0 unspecified atom stereocenters. The molecule has 4 aromatic rings. The number of benzene rings is 2. The van der Waals surface area contributed by atoms with Crippen LogP contribution in [0, 0.1) is 13.8 Å².